The van der Waals surface area contributed by atoms with E-state index in [-0.39, 0.29) is 5.71 Å². The smallest absolute Gasteiger partial charge is 0.366 e. The minimum atomic E-state index is -2.27. The van der Waals surface area contributed by atoms with E-state index >= 15 is 0 Å². The van der Waals surface area contributed by atoms with Crippen LogP contribution in [0.3, 0.4) is 0 Å². The van der Waals surface area contributed by atoms with Crippen LogP contribution in [0.5, 0.6) is 0 Å². The lowest BCUT2D eigenvalue weighted by molar-refractivity contribution is -0.126. The fourth-order valence-electron chi connectivity index (χ4n) is 4.21. The monoisotopic (exact) mass is 563 g/mol. The first-order valence-corrected chi connectivity index (χ1v) is 16.3. The van der Waals surface area contributed by atoms with Crippen LogP contribution in [0.1, 0.15) is 36.2 Å². The van der Waals surface area contributed by atoms with Crippen molar-refractivity contribution >= 4 is 46.2 Å². The molecule has 0 atom stereocenters. The lowest BCUT2D eigenvalue weighted by Crippen LogP contribution is -2.38. The van der Waals surface area contributed by atoms with Crippen molar-refractivity contribution in [2.45, 2.75) is 19.4 Å². The second-order valence-corrected chi connectivity index (χ2v) is 14.4. The minimum absolute atomic E-state index is 0.00217. The molecule has 0 aliphatic carbocycles. The number of thiazole rings is 1. The van der Waals surface area contributed by atoms with Crippen molar-refractivity contribution in [3.63, 3.8) is 0 Å². The third-order valence-corrected chi connectivity index (χ3v) is 11.2. The van der Waals surface area contributed by atoms with E-state index in [4.69, 9.17) is 26.2 Å². The number of hydrogen-bond acceptors (Lipinski definition) is 8. The number of rotatable bonds is 11. The van der Waals surface area contributed by atoms with Gasteiger partial charge in [0.05, 0.1) is 0 Å². The van der Waals surface area contributed by atoms with Gasteiger partial charge in [0, 0.05) is 17.7 Å². The van der Waals surface area contributed by atoms with Gasteiger partial charge in [0.25, 0.3) is 0 Å². The molecular weight excluding hydrogens is 533 g/mol. The standard InChI is InChI=1S/C29H30N3O3PS2/c1-4-36(37,5-2)35-27(33)26(32-34-3)25-21-38-28(30-25)31-29(22-15-9-6-10-16-22,23-17-11-7-12-18-23)24-19-13-8-14-20-24/h6-21H,4-5H2,1-3H3,(H,30,31). The highest BCUT2D eigenvalue weighted by molar-refractivity contribution is 8.12. The molecule has 3 aromatic carbocycles. The number of hydrogen-bond donors (Lipinski definition) is 1. The molecule has 196 valence electrons. The molecule has 9 heteroatoms. The fraction of sp³-hybridized carbons (Fsp3) is 0.207. The van der Waals surface area contributed by atoms with Crippen molar-refractivity contribution in [2.24, 2.45) is 5.16 Å². The van der Waals surface area contributed by atoms with E-state index in [1.807, 2.05) is 68.4 Å². The lowest BCUT2D eigenvalue weighted by Gasteiger charge is -2.36. The lowest BCUT2D eigenvalue weighted by atomic mass is 9.77. The Kier molecular flexibility index (Phi) is 9.10. The zero-order valence-corrected chi connectivity index (χ0v) is 24.1. The molecule has 0 amide bonds. The first kappa shape index (κ1) is 27.7. The van der Waals surface area contributed by atoms with Crippen LogP contribution in [-0.2, 0) is 31.5 Å². The number of carbonyl (C=O) groups excluding carboxylic acids is 1. The Morgan fingerprint density at radius 1 is 0.921 bits per heavy atom. The van der Waals surface area contributed by atoms with E-state index in [0.717, 1.165) is 16.7 Å². The van der Waals surface area contributed by atoms with Crippen molar-refractivity contribution in [2.75, 3.05) is 24.8 Å². The van der Waals surface area contributed by atoms with E-state index in [9.17, 15) is 4.79 Å². The number of carbonyl (C=O) groups is 1. The number of nitrogens with one attached hydrogen (secondary N) is 1. The molecule has 4 rings (SSSR count). The summed E-state index contributed by atoms with van der Waals surface area (Å²) in [6.45, 7) is 3.87. The molecule has 0 aliphatic heterocycles. The van der Waals surface area contributed by atoms with Crippen LogP contribution in [0.2, 0.25) is 0 Å². The van der Waals surface area contributed by atoms with Gasteiger partial charge in [0.1, 0.15) is 24.6 Å². The van der Waals surface area contributed by atoms with Gasteiger partial charge in [0.2, 0.25) is 5.71 Å². The average Bonchev–Trinajstić information content (AvgIpc) is 3.43. The highest BCUT2D eigenvalue weighted by Crippen LogP contribution is 2.47. The average molecular weight is 564 g/mol. The zero-order valence-electron chi connectivity index (χ0n) is 21.5. The summed E-state index contributed by atoms with van der Waals surface area (Å²) in [6.07, 6.45) is -1.05. The van der Waals surface area contributed by atoms with E-state index < -0.39 is 17.8 Å². The fourth-order valence-corrected chi connectivity index (χ4v) is 6.26. The molecule has 1 N–H and O–H groups in total. The summed E-state index contributed by atoms with van der Waals surface area (Å²) < 4.78 is 5.74. The van der Waals surface area contributed by atoms with Crippen LogP contribution in [0.4, 0.5) is 5.13 Å². The SMILES string of the molecule is CCP(=S)(CC)OC(=O)C(=NOC)c1csc(NC(c2ccccc2)(c2ccccc2)c2ccccc2)n1. The van der Waals surface area contributed by atoms with E-state index in [2.05, 4.69) is 46.9 Å². The quantitative estimate of drug-likeness (QED) is 0.0929. The second kappa shape index (κ2) is 12.5. The molecule has 0 saturated carbocycles. The maximum Gasteiger partial charge on any atom is 0.366 e. The van der Waals surface area contributed by atoms with Gasteiger partial charge in [0.15, 0.2) is 5.13 Å². The third-order valence-electron chi connectivity index (χ3n) is 6.25. The molecule has 1 heterocycles. The van der Waals surface area contributed by atoms with Gasteiger partial charge in [-0.25, -0.2) is 9.78 Å². The predicted octanol–water partition coefficient (Wildman–Crippen LogP) is 6.88. The Balaban J connectivity index is 1.80. The Bertz CT molecular complexity index is 1320. The number of aromatic nitrogens is 1. The van der Waals surface area contributed by atoms with Gasteiger partial charge in [-0.1, -0.05) is 122 Å². The largest absolute Gasteiger partial charge is 0.432 e. The summed E-state index contributed by atoms with van der Waals surface area (Å²) in [4.78, 5) is 22.9. The first-order chi connectivity index (χ1) is 18.5. The summed E-state index contributed by atoms with van der Waals surface area (Å²) >= 11 is 6.99. The van der Waals surface area contributed by atoms with Crippen LogP contribution in [0.15, 0.2) is 102 Å². The van der Waals surface area contributed by atoms with Crippen molar-refractivity contribution < 1.29 is 14.2 Å². The number of nitrogens with zero attached hydrogens (tertiary/aromatic N) is 2. The molecule has 0 unspecified atom stereocenters. The van der Waals surface area contributed by atoms with E-state index in [1.54, 1.807) is 5.38 Å². The van der Waals surface area contributed by atoms with Gasteiger partial charge < -0.3 is 14.7 Å². The van der Waals surface area contributed by atoms with Crippen LogP contribution < -0.4 is 5.32 Å². The highest BCUT2D eigenvalue weighted by Gasteiger charge is 2.37. The highest BCUT2D eigenvalue weighted by atomic mass is 32.4. The van der Waals surface area contributed by atoms with Gasteiger partial charge >= 0.3 is 5.97 Å². The summed E-state index contributed by atoms with van der Waals surface area (Å²) in [5.74, 6) is -0.615. The van der Waals surface area contributed by atoms with Crippen molar-refractivity contribution in [3.8, 4) is 0 Å². The Morgan fingerprint density at radius 2 is 1.39 bits per heavy atom. The molecule has 4 aromatic rings. The molecule has 6 nitrogen and oxygen atoms in total. The topological polar surface area (TPSA) is 72.8 Å². The van der Waals surface area contributed by atoms with Crippen molar-refractivity contribution in [1.82, 2.24) is 4.98 Å². The van der Waals surface area contributed by atoms with E-state index in [0.29, 0.717) is 23.1 Å². The molecule has 0 bridgehead atoms. The Hall–Kier alpha value is -3.32. The second-order valence-electron chi connectivity index (χ2n) is 8.46. The van der Waals surface area contributed by atoms with Crippen LogP contribution in [0.25, 0.3) is 0 Å². The first-order valence-electron chi connectivity index (χ1n) is 12.3. The summed E-state index contributed by atoms with van der Waals surface area (Å²) in [5.41, 5.74) is 2.76. The number of anilines is 1. The van der Waals surface area contributed by atoms with Crippen LogP contribution >= 0.6 is 17.6 Å². The number of benzene rings is 3. The van der Waals surface area contributed by atoms with Crippen molar-refractivity contribution in [3.05, 3.63) is 119 Å². The maximum absolute atomic E-state index is 13.1. The number of oxime groups is 1. The Labute approximate surface area is 232 Å². The van der Waals surface area contributed by atoms with E-state index in [1.165, 1.54) is 18.4 Å². The summed E-state index contributed by atoms with van der Waals surface area (Å²) in [7, 11) is 1.39. The summed E-state index contributed by atoms with van der Waals surface area (Å²) in [5, 5.41) is 10.1. The van der Waals surface area contributed by atoms with Gasteiger partial charge in [-0.3, -0.25) is 0 Å². The van der Waals surface area contributed by atoms with Crippen molar-refractivity contribution in [1.29, 1.82) is 0 Å². The molecule has 0 saturated heterocycles. The molecule has 1 aromatic heterocycles. The molecule has 0 fully saturated rings. The third kappa shape index (κ3) is 5.88. The molecule has 0 aliphatic rings. The molecular formula is C29H30N3O3PS2. The molecule has 38 heavy (non-hydrogen) atoms. The van der Waals surface area contributed by atoms with Crippen LogP contribution in [-0.4, -0.2) is 36.1 Å². The van der Waals surface area contributed by atoms with Gasteiger partial charge in [-0.2, -0.15) is 0 Å². The zero-order chi connectivity index (χ0) is 27.0. The minimum Gasteiger partial charge on any atom is -0.432 e. The van der Waals surface area contributed by atoms with Gasteiger partial charge in [-0.15, -0.1) is 11.3 Å². The normalized spacial score (nSPS) is 12.1. The Morgan fingerprint density at radius 3 is 1.82 bits per heavy atom. The maximum atomic E-state index is 13.1. The van der Waals surface area contributed by atoms with Gasteiger partial charge in [-0.05, 0) is 16.7 Å². The molecule has 0 spiro atoms. The van der Waals surface area contributed by atoms with Crippen LogP contribution in [0, 0.1) is 0 Å². The molecule has 0 radical (unpaired) electrons. The summed E-state index contributed by atoms with van der Waals surface area (Å²) in [6, 6.07) is 30.7. The predicted molar refractivity (Wildman–Crippen MR) is 160 cm³/mol.